The number of aliphatic hydroxyl groups excluding tert-OH is 1. The largest absolute Gasteiger partial charge is 0.396 e. The summed E-state index contributed by atoms with van der Waals surface area (Å²) in [7, 11) is 0. The Balaban J connectivity index is 1.98. The van der Waals surface area contributed by atoms with Crippen molar-refractivity contribution in [2.45, 2.75) is 25.4 Å². The van der Waals surface area contributed by atoms with Gasteiger partial charge in [0, 0.05) is 6.61 Å². The summed E-state index contributed by atoms with van der Waals surface area (Å²) in [5, 5.41) is 8.37. The minimum absolute atomic E-state index is 0.220. The molecule has 0 saturated heterocycles. The molecule has 0 amide bonds. The van der Waals surface area contributed by atoms with Crippen molar-refractivity contribution in [3.8, 4) is 0 Å². The first-order chi connectivity index (χ1) is 3.83. The van der Waals surface area contributed by atoms with Gasteiger partial charge in [0.2, 0.25) is 0 Å². The van der Waals surface area contributed by atoms with Gasteiger partial charge in [0.15, 0.2) is 0 Å². The molecule has 1 saturated carbocycles. The van der Waals surface area contributed by atoms with Gasteiger partial charge in [-0.2, -0.15) is 0 Å². The molecule has 0 heterocycles. The van der Waals surface area contributed by atoms with Gasteiger partial charge in [-0.15, -0.1) is 0 Å². The maximum atomic E-state index is 12.0. The molecule has 8 heavy (non-hydrogen) atoms. The van der Waals surface area contributed by atoms with E-state index in [4.69, 9.17) is 5.11 Å². The Morgan fingerprint density at radius 1 is 1.50 bits per heavy atom. The predicted molar refractivity (Wildman–Crippen MR) is 29.3 cm³/mol. The second kappa shape index (κ2) is 2.44. The van der Waals surface area contributed by atoms with Crippen molar-refractivity contribution < 1.29 is 9.50 Å². The van der Waals surface area contributed by atoms with Crippen LogP contribution in [0, 0.1) is 5.92 Å². The van der Waals surface area contributed by atoms with E-state index in [1.807, 2.05) is 0 Å². The molecule has 1 rings (SSSR count). The fourth-order valence-electron chi connectivity index (χ4n) is 1.07. The molecule has 1 fully saturated rings. The van der Waals surface area contributed by atoms with Crippen LogP contribution in [0.1, 0.15) is 19.3 Å². The molecule has 0 radical (unpaired) electrons. The molecule has 2 heteroatoms. The van der Waals surface area contributed by atoms with Crippen LogP contribution in [0.15, 0.2) is 0 Å². The minimum atomic E-state index is -0.563. The molecule has 1 N–H and O–H groups in total. The first-order valence-electron chi connectivity index (χ1n) is 3.08. The smallest absolute Gasteiger partial charge is 0.101 e. The van der Waals surface area contributed by atoms with Crippen molar-refractivity contribution in [2.75, 3.05) is 6.61 Å². The maximum Gasteiger partial charge on any atom is 0.101 e. The van der Waals surface area contributed by atoms with Gasteiger partial charge in [-0.25, -0.2) is 4.39 Å². The van der Waals surface area contributed by atoms with Gasteiger partial charge in [0.25, 0.3) is 0 Å². The summed E-state index contributed by atoms with van der Waals surface area (Å²) in [6.07, 6.45) is 1.59. The molecule has 0 bridgehead atoms. The van der Waals surface area contributed by atoms with Crippen LogP contribution in [0.4, 0.5) is 4.39 Å². The highest BCUT2D eigenvalue weighted by Crippen LogP contribution is 2.31. The van der Waals surface area contributed by atoms with Crippen molar-refractivity contribution in [3.05, 3.63) is 0 Å². The van der Waals surface area contributed by atoms with Gasteiger partial charge in [0.05, 0.1) is 0 Å². The highest BCUT2D eigenvalue weighted by Gasteiger charge is 2.27. The maximum absolute atomic E-state index is 12.0. The molecule has 0 aromatic rings. The topological polar surface area (TPSA) is 20.2 Å². The Hall–Kier alpha value is -0.110. The quantitative estimate of drug-likeness (QED) is 0.576. The lowest BCUT2D eigenvalue weighted by atomic mass is 9.81. The summed E-state index contributed by atoms with van der Waals surface area (Å²) in [5.74, 6) is 0.481. The molecule has 48 valence electrons. The van der Waals surface area contributed by atoms with E-state index in [1.54, 1.807) is 0 Å². The molecular weight excluding hydrogens is 107 g/mol. The Labute approximate surface area is 48.5 Å². The van der Waals surface area contributed by atoms with Crippen molar-refractivity contribution in [2.24, 2.45) is 5.92 Å². The summed E-state index contributed by atoms with van der Waals surface area (Å²) in [4.78, 5) is 0. The SMILES string of the molecule is OCCC1CC(F)C1. The van der Waals surface area contributed by atoms with Gasteiger partial charge in [-0.1, -0.05) is 0 Å². The number of halogens is 1. The lowest BCUT2D eigenvalue weighted by molar-refractivity contribution is 0.106. The van der Waals surface area contributed by atoms with Crippen LogP contribution in [0.25, 0.3) is 0 Å². The summed E-state index contributed by atoms with van der Waals surface area (Å²) in [6, 6.07) is 0. The zero-order valence-corrected chi connectivity index (χ0v) is 4.81. The lowest BCUT2D eigenvalue weighted by Gasteiger charge is -2.28. The van der Waals surface area contributed by atoms with E-state index in [1.165, 1.54) is 0 Å². The summed E-state index contributed by atoms with van der Waals surface area (Å²) < 4.78 is 12.0. The Morgan fingerprint density at radius 3 is 2.50 bits per heavy atom. The summed E-state index contributed by atoms with van der Waals surface area (Å²) in [6.45, 7) is 0.220. The van der Waals surface area contributed by atoms with E-state index in [0.717, 1.165) is 6.42 Å². The zero-order chi connectivity index (χ0) is 5.98. The standard InChI is InChI=1S/C6H11FO/c7-6-3-5(4-6)1-2-8/h5-6,8H,1-4H2. The molecular formula is C6H11FO. The van der Waals surface area contributed by atoms with Crippen LogP contribution < -0.4 is 0 Å². The van der Waals surface area contributed by atoms with Crippen molar-refractivity contribution >= 4 is 0 Å². The van der Waals surface area contributed by atoms with E-state index < -0.39 is 6.17 Å². The average Bonchev–Trinajstić information content (AvgIpc) is 1.64. The van der Waals surface area contributed by atoms with Crippen LogP contribution in [0.5, 0.6) is 0 Å². The van der Waals surface area contributed by atoms with Crippen molar-refractivity contribution in [1.82, 2.24) is 0 Å². The van der Waals surface area contributed by atoms with Crippen LogP contribution in [-0.2, 0) is 0 Å². The van der Waals surface area contributed by atoms with Crippen LogP contribution in [0.3, 0.4) is 0 Å². The molecule has 1 nitrogen and oxygen atoms in total. The third-order valence-electron chi connectivity index (χ3n) is 1.72. The number of hydrogen-bond donors (Lipinski definition) is 1. The predicted octanol–water partition coefficient (Wildman–Crippen LogP) is 1.12. The summed E-state index contributed by atoms with van der Waals surface area (Å²) in [5.41, 5.74) is 0. The summed E-state index contributed by atoms with van der Waals surface area (Å²) >= 11 is 0. The van der Waals surface area contributed by atoms with Gasteiger partial charge < -0.3 is 5.11 Å². The van der Waals surface area contributed by atoms with Gasteiger partial charge >= 0.3 is 0 Å². The number of hydrogen-bond acceptors (Lipinski definition) is 1. The van der Waals surface area contributed by atoms with Gasteiger partial charge in [-0.05, 0) is 25.2 Å². The first-order valence-corrected chi connectivity index (χ1v) is 3.08. The van der Waals surface area contributed by atoms with Gasteiger partial charge in [-0.3, -0.25) is 0 Å². The minimum Gasteiger partial charge on any atom is -0.396 e. The second-order valence-electron chi connectivity index (χ2n) is 2.45. The monoisotopic (exact) mass is 118 g/mol. The van der Waals surface area contributed by atoms with Crippen LogP contribution in [-0.4, -0.2) is 17.9 Å². The third kappa shape index (κ3) is 1.19. The Bertz CT molecular complexity index is 66.2. The molecule has 0 aliphatic heterocycles. The molecule has 0 unspecified atom stereocenters. The lowest BCUT2D eigenvalue weighted by Crippen LogP contribution is -2.25. The van der Waals surface area contributed by atoms with Crippen LogP contribution >= 0.6 is 0 Å². The highest BCUT2D eigenvalue weighted by atomic mass is 19.1. The molecule has 0 atom stereocenters. The average molecular weight is 118 g/mol. The molecule has 1 aliphatic carbocycles. The third-order valence-corrected chi connectivity index (χ3v) is 1.72. The van der Waals surface area contributed by atoms with Crippen molar-refractivity contribution in [3.63, 3.8) is 0 Å². The number of alkyl halides is 1. The van der Waals surface area contributed by atoms with E-state index in [0.29, 0.717) is 18.8 Å². The van der Waals surface area contributed by atoms with E-state index >= 15 is 0 Å². The van der Waals surface area contributed by atoms with E-state index in [-0.39, 0.29) is 6.61 Å². The van der Waals surface area contributed by atoms with E-state index in [9.17, 15) is 4.39 Å². The second-order valence-corrected chi connectivity index (χ2v) is 2.45. The number of aliphatic hydroxyl groups is 1. The van der Waals surface area contributed by atoms with Crippen molar-refractivity contribution in [1.29, 1.82) is 0 Å². The fraction of sp³-hybridized carbons (Fsp3) is 1.00. The molecule has 0 spiro atoms. The number of rotatable bonds is 2. The van der Waals surface area contributed by atoms with Gasteiger partial charge in [0.1, 0.15) is 6.17 Å². The van der Waals surface area contributed by atoms with E-state index in [2.05, 4.69) is 0 Å². The zero-order valence-electron chi connectivity index (χ0n) is 4.81. The molecule has 1 aliphatic rings. The first kappa shape index (κ1) is 6.02. The fourth-order valence-corrected chi connectivity index (χ4v) is 1.07. The molecule has 0 aromatic heterocycles. The highest BCUT2D eigenvalue weighted by molar-refractivity contribution is 4.78. The Morgan fingerprint density at radius 2 is 2.12 bits per heavy atom. The molecule has 0 aromatic carbocycles. The normalized spacial score (nSPS) is 36.8. The van der Waals surface area contributed by atoms with Crippen LogP contribution in [0.2, 0.25) is 0 Å². The Kier molecular flexibility index (Phi) is 1.84.